The van der Waals surface area contributed by atoms with Crippen molar-refractivity contribution in [2.24, 2.45) is 0 Å². The number of hydrogen-bond acceptors (Lipinski definition) is 6. The van der Waals surface area contributed by atoms with Crippen LogP contribution >= 0.6 is 11.6 Å². The summed E-state index contributed by atoms with van der Waals surface area (Å²) in [6.07, 6.45) is 3.14. The number of anilines is 1. The molecule has 2 aromatic rings. The minimum atomic E-state index is -3.67. The first-order valence-corrected chi connectivity index (χ1v) is 13.1. The molecule has 0 spiro atoms. The van der Waals surface area contributed by atoms with Crippen LogP contribution in [0.1, 0.15) is 32.3 Å². The van der Waals surface area contributed by atoms with Gasteiger partial charge in [-0.1, -0.05) is 31.5 Å². The quantitative estimate of drug-likeness (QED) is 0.473. The van der Waals surface area contributed by atoms with E-state index in [9.17, 15) is 8.42 Å². The van der Waals surface area contributed by atoms with Crippen molar-refractivity contribution in [2.45, 2.75) is 38.0 Å². The molecule has 0 radical (unpaired) electrons. The number of carbonyl (C=O) groups is 2. The van der Waals surface area contributed by atoms with Gasteiger partial charge >= 0.3 is 11.9 Å². The van der Waals surface area contributed by atoms with Gasteiger partial charge in [-0.3, -0.25) is 4.31 Å². The largest absolute Gasteiger partial charge is 0.489 e. The smallest absolute Gasteiger partial charge is 0.414 e. The van der Waals surface area contributed by atoms with Crippen LogP contribution in [-0.4, -0.2) is 68.3 Å². The average Bonchev–Trinajstić information content (AvgIpc) is 2.83. The van der Waals surface area contributed by atoms with Crippen molar-refractivity contribution < 1.29 is 33.0 Å². The monoisotopic (exact) mass is 526 g/mol. The molecule has 0 unspecified atom stereocenters. The van der Waals surface area contributed by atoms with Crippen molar-refractivity contribution in [2.75, 3.05) is 37.1 Å². The average molecular weight is 527 g/mol. The molecule has 1 aliphatic rings. The zero-order chi connectivity index (χ0) is 26.0. The lowest BCUT2D eigenvalue weighted by atomic mass is 10.1. The molecule has 0 fully saturated rings. The highest BCUT2D eigenvalue weighted by molar-refractivity contribution is 7.92. The minimum absolute atomic E-state index is 0.234. The van der Waals surface area contributed by atoms with E-state index in [4.69, 9.17) is 36.1 Å². The number of ether oxygens (including phenoxy) is 1. The molecule has 0 bridgehead atoms. The van der Waals surface area contributed by atoms with E-state index < -0.39 is 22.0 Å². The summed E-state index contributed by atoms with van der Waals surface area (Å²) in [7, 11) is -3.67. The van der Waals surface area contributed by atoms with Gasteiger partial charge in [-0.05, 0) is 74.3 Å². The Bertz CT molecular complexity index is 1090. The summed E-state index contributed by atoms with van der Waals surface area (Å²) >= 11 is 5.92. The molecule has 192 valence electrons. The van der Waals surface area contributed by atoms with Crippen molar-refractivity contribution in [1.82, 2.24) is 4.90 Å². The fraction of sp³-hybridized carbons (Fsp3) is 0.417. The molecule has 9 nitrogen and oxygen atoms in total. The summed E-state index contributed by atoms with van der Waals surface area (Å²) < 4.78 is 33.6. The van der Waals surface area contributed by atoms with Crippen LogP contribution in [0, 0.1) is 0 Å². The molecule has 0 saturated carbocycles. The highest BCUT2D eigenvalue weighted by Crippen LogP contribution is 2.36. The zero-order valence-electron chi connectivity index (χ0n) is 19.8. The molecule has 11 heteroatoms. The number of aliphatic carboxylic acids is 2. The Morgan fingerprint density at radius 1 is 1.00 bits per heavy atom. The summed E-state index contributed by atoms with van der Waals surface area (Å²) in [6, 6.07) is 12.2. The van der Waals surface area contributed by atoms with Gasteiger partial charge in [-0.25, -0.2) is 18.0 Å². The van der Waals surface area contributed by atoms with E-state index in [-0.39, 0.29) is 4.90 Å². The maximum atomic E-state index is 13.2. The Hall–Kier alpha value is -2.82. The Labute approximate surface area is 210 Å². The first-order chi connectivity index (χ1) is 16.6. The van der Waals surface area contributed by atoms with Crippen molar-refractivity contribution in [3.8, 4) is 5.75 Å². The van der Waals surface area contributed by atoms with E-state index in [1.165, 1.54) is 4.31 Å². The molecule has 0 aromatic heterocycles. The fourth-order valence-electron chi connectivity index (χ4n) is 3.63. The van der Waals surface area contributed by atoms with Crippen LogP contribution in [0.5, 0.6) is 5.75 Å². The third-order valence-corrected chi connectivity index (χ3v) is 7.30. The standard InChI is InChI=1S/C22H29ClN2O3S.C2H2O4/c1-3-12-24(13-4-2)14-11-18-5-10-22-21(17-18)25(15-16-28-22)29(26,27)20-8-6-19(23)7-9-20;3-1(4)2(5)6/h5-10,17H,3-4,11-16H2,1-2H3;(H,3,4)(H,5,6). The Morgan fingerprint density at radius 2 is 1.60 bits per heavy atom. The van der Waals surface area contributed by atoms with Gasteiger partial charge in [0.2, 0.25) is 0 Å². The number of rotatable bonds is 9. The number of fused-ring (bicyclic) bond motifs is 1. The van der Waals surface area contributed by atoms with E-state index in [0.717, 1.165) is 44.5 Å². The van der Waals surface area contributed by atoms with Crippen molar-refractivity contribution in [3.63, 3.8) is 0 Å². The van der Waals surface area contributed by atoms with Gasteiger partial charge in [0.15, 0.2) is 0 Å². The summed E-state index contributed by atoms with van der Waals surface area (Å²) in [4.78, 5) is 20.9. The van der Waals surface area contributed by atoms with E-state index >= 15 is 0 Å². The molecular weight excluding hydrogens is 496 g/mol. The highest BCUT2D eigenvalue weighted by atomic mass is 35.5. The Balaban J connectivity index is 0.000000641. The molecule has 0 amide bonds. The lowest BCUT2D eigenvalue weighted by Crippen LogP contribution is -2.38. The predicted octanol–water partition coefficient (Wildman–Crippen LogP) is 3.75. The second-order valence-electron chi connectivity index (χ2n) is 7.88. The van der Waals surface area contributed by atoms with Crippen LogP contribution in [0.4, 0.5) is 5.69 Å². The molecule has 1 aliphatic heterocycles. The third-order valence-electron chi connectivity index (χ3n) is 5.22. The summed E-state index contributed by atoms with van der Waals surface area (Å²) in [6.45, 7) is 8.14. The Kier molecular flexibility index (Phi) is 10.8. The number of carboxylic acids is 2. The van der Waals surface area contributed by atoms with Crippen molar-refractivity contribution in [3.05, 3.63) is 53.1 Å². The zero-order valence-corrected chi connectivity index (χ0v) is 21.4. The van der Waals surface area contributed by atoms with Gasteiger partial charge in [0.05, 0.1) is 17.1 Å². The molecule has 0 aliphatic carbocycles. The molecule has 2 aromatic carbocycles. The van der Waals surface area contributed by atoms with Crippen LogP contribution in [-0.2, 0) is 26.0 Å². The number of halogens is 1. The van der Waals surface area contributed by atoms with Crippen LogP contribution in [0.15, 0.2) is 47.4 Å². The van der Waals surface area contributed by atoms with Gasteiger partial charge in [0, 0.05) is 11.6 Å². The van der Waals surface area contributed by atoms with E-state index in [1.54, 1.807) is 24.3 Å². The second-order valence-corrected chi connectivity index (χ2v) is 10.2. The second kappa shape index (κ2) is 13.3. The van der Waals surface area contributed by atoms with Crippen molar-refractivity contribution in [1.29, 1.82) is 0 Å². The normalized spacial score (nSPS) is 12.9. The van der Waals surface area contributed by atoms with Gasteiger partial charge in [0.25, 0.3) is 10.0 Å². The summed E-state index contributed by atoms with van der Waals surface area (Å²) in [5.74, 6) is -3.04. The first-order valence-electron chi connectivity index (χ1n) is 11.3. The summed E-state index contributed by atoms with van der Waals surface area (Å²) in [5, 5.41) is 15.3. The molecule has 0 saturated heterocycles. The van der Waals surface area contributed by atoms with E-state index in [2.05, 4.69) is 18.7 Å². The van der Waals surface area contributed by atoms with Crippen LogP contribution in [0.3, 0.4) is 0 Å². The lowest BCUT2D eigenvalue weighted by Gasteiger charge is -2.31. The molecular formula is C24H31ClN2O7S. The molecule has 35 heavy (non-hydrogen) atoms. The number of nitrogens with zero attached hydrogens (tertiary/aromatic N) is 2. The maximum absolute atomic E-state index is 13.2. The molecule has 2 N–H and O–H groups in total. The fourth-order valence-corrected chi connectivity index (χ4v) is 5.21. The number of benzene rings is 2. The molecule has 0 atom stereocenters. The van der Waals surface area contributed by atoms with E-state index in [1.807, 2.05) is 18.2 Å². The number of carboxylic acid groups (broad SMARTS) is 2. The van der Waals surface area contributed by atoms with E-state index in [0.29, 0.717) is 29.6 Å². The van der Waals surface area contributed by atoms with Gasteiger partial charge in [-0.15, -0.1) is 0 Å². The predicted molar refractivity (Wildman–Crippen MR) is 134 cm³/mol. The lowest BCUT2D eigenvalue weighted by molar-refractivity contribution is -0.159. The van der Waals surface area contributed by atoms with Gasteiger partial charge in [0.1, 0.15) is 12.4 Å². The highest BCUT2D eigenvalue weighted by Gasteiger charge is 2.30. The van der Waals surface area contributed by atoms with Gasteiger partial charge < -0.3 is 19.8 Å². The maximum Gasteiger partial charge on any atom is 0.414 e. The van der Waals surface area contributed by atoms with Crippen molar-refractivity contribution >= 4 is 39.3 Å². The Morgan fingerprint density at radius 3 is 2.14 bits per heavy atom. The molecule has 3 rings (SSSR count). The number of sulfonamides is 1. The summed E-state index contributed by atoms with van der Waals surface area (Å²) in [5.41, 5.74) is 1.73. The first kappa shape index (κ1) is 28.4. The SMILES string of the molecule is CCCN(CCC)CCc1ccc2c(c1)N(S(=O)(=O)c1ccc(Cl)cc1)CCO2.O=C(O)C(=O)O. The number of hydrogen-bond donors (Lipinski definition) is 2. The topological polar surface area (TPSA) is 124 Å². The van der Waals surface area contributed by atoms with Crippen LogP contribution in [0.2, 0.25) is 5.02 Å². The van der Waals surface area contributed by atoms with Crippen LogP contribution in [0.25, 0.3) is 0 Å². The third kappa shape index (κ3) is 8.12. The molecule has 1 heterocycles. The van der Waals surface area contributed by atoms with Crippen LogP contribution < -0.4 is 9.04 Å². The van der Waals surface area contributed by atoms with Gasteiger partial charge in [-0.2, -0.15) is 0 Å². The minimum Gasteiger partial charge on any atom is -0.489 e.